The van der Waals surface area contributed by atoms with Crippen molar-refractivity contribution in [3.05, 3.63) is 35.4 Å². The molecular formula is C16H23NO2. The monoisotopic (exact) mass is 261 g/mol. The molecule has 3 rings (SSSR count). The Morgan fingerprint density at radius 3 is 2.26 bits per heavy atom. The van der Waals surface area contributed by atoms with Crippen LogP contribution in [0.5, 0.6) is 0 Å². The molecule has 0 saturated heterocycles. The number of rotatable bonds is 5. The van der Waals surface area contributed by atoms with Crippen LogP contribution in [0, 0.1) is 11.8 Å². The van der Waals surface area contributed by atoms with E-state index in [1.165, 1.54) is 25.7 Å². The molecule has 2 atom stereocenters. The molecule has 2 aliphatic carbocycles. The number of benzene rings is 1. The number of methoxy groups -OCH3 is 1. The highest BCUT2D eigenvalue weighted by Gasteiger charge is 2.38. The number of hydrogen-bond acceptors (Lipinski definition) is 3. The Hall–Kier alpha value is -0.900. The first-order valence-electron chi connectivity index (χ1n) is 7.31. The first-order chi connectivity index (χ1) is 9.38. The van der Waals surface area contributed by atoms with Crippen molar-refractivity contribution in [2.45, 2.75) is 31.7 Å². The van der Waals surface area contributed by atoms with E-state index in [1.54, 1.807) is 18.2 Å². The predicted octanol–water partition coefficient (Wildman–Crippen LogP) is 2.35. The molecule has 2 bridgehead atoms. The fraction of sp³-hybridized carbons (Fsp3) is 0.625. The van der Waals surface area contributed by atoms with E-state index in [1.807, 2.05) is 0 Å². The number of nitrogens with one attached hydrogen (secondary N) is 1. The Morgan fingerprint density at radius 1 is 1.05 bits per heavy atom. The van der Waals surface area contributed by atoms with E-state index in [9.17, 15) is 0 Å². The summed E-state index contributed by atoms with van der Waals surface area (Å²) in [6.45, 7) is 1.27. The molecule has 1 aromatic rings. The Bertz CT molecular complexity index is 388. The van der Waals surface area contributed by atoms with Gasteiger partial charge in [-0.05, 0) is 48.6 Å². The quantitative estimate of drug-likeness (QED) is 0.652. The van der Waals surface area contributed by atoms with Gasteiger partial charge in [0.1, 0.15) is 0 Å². The standard InChI is InChI=1S/C16H23NO2/c1-18-8-9-19-17-16-14-6-7-15(16)11-13-5-3-2-4-12(13)10-14/h2-5,14-17H,6-11H2,1H3. The summed E-state index contributed by atoms with van der Waals surface area (Å²) in [4.78, 5) is 5.57. The van der Waals surface area contributed by atoms with Crippen molar-refractivity contribution >= 4 is 0 Å². The van der Waals surface area contributed by atoms with Crippen molar-refractivity contribution in [2.75, 3.05) is 20.3 Å². The van der Waals surface area contributed by atoms with E-state index < -0.39 is 0 Å². The molecule has 0 aliphatic heterocycles. The van der Waals surface area contributed by atoms with Crippen molar-refractivity contribution in [1.29, 1.82) is 0 Å². The van der Waals surface area contributed by atoms with Crippen LogP contribution in [-0.4, -0.2) is 26.4 Å². The van der Waals surface area contributed by atoms with Crippen molar-refractivity contribution in [3.63, 3.8) is 0 Å². The third-order valence-electron chi connectivity index (χ3n) is 4.62. The second-order valence-corrected chi connectivity index (χ2v) is 5.76. The zero-order chi connectivity index (χ0) is 13.1. The minimum Gasteiger partial charge on any atom is -0.382 e. The van der Waals surface area contributed by atoms with Crippen LogP contribution in [0.25, 0.3) is 0 Å². The maximum Gasteiger partial charge on any atom is 0.0915 e. The SMILES string of the molecule is COCCONC1C2CCC1Cc1ccccc1C2. The highest BCUT2D eigenvalue weighted by Crippen LogP contribution is 2.39. The summed E-state index contributed by atoms with van der Waals surface area (Å²) in [5.74, 6) is 1.44. The van der Waals surface area contributed by atoms with Crippen molar-refractivity contribution in [2.24, 2.45) is 11.8 Å². The summed E-state index contributed by atoms with van der Waals surface area (Å²) >= 11 is 0. The molecule has 0 heterocycles. The van der Waals surface area contributed by atoms with Crippen LogP contribution in [-0.2, 0) is 22.4 Å². The lowest BCUT2D eigenvalue weighted by atomic mass is 9.94. The molecule has 3 heteroatoms. The third kappa shape index (κ3) is 2.83. The minimum atomic E-state index is 0.504. The fourth-order valence-electron chi connectivity index (χ4n) is 3.62. The number of hydroxylamine groups is 1. The molecule has 1 fully saturated rings. The molecule has 0 amide bonds. The zero-order valence-electron chi connectivity index (χ0n) is 11.6. The normalized spacial score (nSPS) is 29.0. The van der Waals surface area contributed by atoms with Crippen molar-refractivity contribution < 1.29 is 9.57 Å². The molecule has 1 aromatic carbocycles. The Labute approximate surface area is 115 Å². The molecule has 19 heavy (non-hydrogen) atoms. The Balaban J connectivity index is 1.66. The van der Waals surface area contributed by atoms with E-state index in [-0.39, 0.29) is 0 Å². The topological polar surface area (TPSA) is 30.5 Å². The summed E-state index contributed by atoms with van der Waals surface area (Å²) < 4.78 is 5.01. The lowest BCUT2D eigenvalue weighted by molar-refractivity contribution is -0.0263. The van der Waals surface area contributed by atoms with E-state index in [0.29, 0.717) is 19.3 Å². The summed E-state index contributed by atoms with van der Waals surface area (Å²) in [6, 6.07) is 9.41. The van der Waals surface area contributed by atoms with Crippen molar-refractivity contribution in [3.8, 4) is 0 Å². The fourth-order valence-corrected chi connectivity index (χ4v) is 3.62. The van der Waals surface area contributed by atoms with E-state index >= 15 is 0 Å². The number of hydrogen-bond donors (Lipinski definition) is 1. The van der Waals surface area contributed by atoms with Gasteiger partial charge in [-0.1, -0.05) is 24.3 Å². The second-order valence-electron chi connectivity index (χ2n) is 5.76. The van der Waals surface area contributed by atoms with Gasteiger partial charge in [0.05, 0.1) is 13.2 Å². The van der Waals surface area contributed by atoms with Gasteiger partial charge in [0, 0.05) is 13.2 Å². The van der Waals surface area contributed by atoms with E-state index in [0.717, 1.165) is 11.8 Å². The van der Waals surface area contributed by atoms with E-state index in [4.69, 9.17) is 9.57 Å². The summed E-state index contributed by atoms with van der Waals surface area (Å²) in [5, 5.41) is 0. The van der Waals surface area contributed by atoms with Crippen LogP contribution >= 0.6 is 0 Å². The first kappa shape index (κ1) is 13.1. The lowest BCUT2D eigenvalue weighted by Crippen LogP contribution is -2.38. The third-order valence-corrected chi connectivity index (χ3v) is 4.62. The van der Waals surface area contributed by atoms with Crippen LogP contribution in [0.2, 0.25) is 0 Å². The molecule has 1 saturated carbocycles. The lowest BCUT2D eigenvalue weighted by Gasteiger charge is -2.23. The van der Waals surface area contributed by atoms with Crippen LogP contribution < -0.4 is 5.48 Å². The van der Waals surface area contributed by atoms with Gasteiger partial charge in [-0.2, -0.15) is 5.48 Å². The summed E-state index contributed by atoms with van der Waals surface area (Å²) in [6.07, 6.45) is 5.03. The van der Waals surface area contributed by atoms with Crippen LogP contribution in [0.15, 0.2) is 24.3 Å². The molecule has 0 radical (unpaired) electrons. The van der Waals surface area contributed by atoms with Gasteiger partial charge in [-0.15, -0.1) is 0 Å². The van der Waals surface area contributed by atoms with Gasteiger partial charge in [-0.25, -0.2) is 0 Å². The van der Waals surface area contributed by atoms with Crippen molar-refractivity contribution in [1.82, 2.24) is 5.48 Å². The number of ether oxygens (including phenoxy) is 1. The number of fused-ring (bicyclic) bond motifs is 3. The zero-order valence-corrected chi connectivity index (χ0v) is 11.6. The molecule has 104 valence electrons. The predicted molar refractivity (Wildman–Crippen MR) is 74.8 cm³/mol. The van der Waals surface area contributed by atoms with Crippen LogP contribution in [0.3, 0.4) is 0 Å². The van der Waals surface area contributed by atoms with Gasteiger partial charge in [0.2, 0.25) is 0 Å². The maximum atomic E-state index is 5.57. The molecule has 2 aliphatic rings. The Kier molecular flexibility index (Phi) is 4.16. The van der Waals surface area contributed by atoms with Gasteiger partial charge in [0.15, 0.2) is 0 Å². The Morgan fingerprint density at radius 2 is 1.68 bits per heavy atom. The second kappa shape index (κ2) is 6.04. The highest BCUT2D eigenvalue weighted by molar-refractivity contribution is 5.30. The van der Waals surface area contributed by atoms with E-state index in [2.05, 4.69) is 29.7 Å². The van der Waals surface area contributed by atoms with Gasteiger partial charge in [0.25, 0.3) is 0 Å². The summed E-state index contributed by atoms with van der Waals surface area (Å²) in [5.41, 5.74) is 6.39. The highest BCUT2D eigenvalue weighted by atomic mass is 16.7. The molecule has 3 nitrogen and oxygen atoms in total. The average Bonchev–Trinajstić information content (AvgIpc) is 2.70. The van der Waals surface area contributed by atoms with Gasteiger partial charge >= 0.3 is 0 Å². The molecule has 1 N–H and O–H groups in total. The molecule has 2 unspecified atom stereocenters. The first-order valence-corrected chi connectivity index (χ1v) is 7.31. The largest absolute Gasteiger partial charge is 0.382 e. The van der Waals surface area contributed by atoms with Crippen LogP contribution in [0.1, 0.15) is 24.0 Å². The van der Waals surface area contributed by atoms with Gasteiger partial charge in [-0.3, -0.25) is 4.84 Å². The smallest absolute Gasteiger partial charge is 0.0915 e. The molecule has 0 spiro atoms. The molecule has 0 aromatic heterocycles. The van der Waals surface area contributed by atoms with Crippen LogP contribution in [0.4, 0.5) is 0 Å². The minimum absolute atomic E-state index is 0.504. The maximum absolute atomic E-state index is 5.57. The van der Waals surface area contributed by atoms with Gasteiger partial charge < -0.3 is 4.74 Å². The molecular weight excluding hydrogens is 238 g/mol. The summed E-state index contributed by atoms with van der Waals surface area (Å²) in [7, 11) is 1.70. The average molecular weight is 261 g/mol.